The second-order valence-corrected chi connectivity index (χ2v) is 6.75. The van der Waals surface area contributed by atoms with Crippen molar-refractivity contribution in [3.63, 3.8) is 0 Å². The maximum absolute atomic E-state index is 12.8. The van der Waals surface area contributed by atoms with E-state index in [1.54, 1.807) is 25.1 Å². The van der Waals surface area contributed by atoms with Gasteiger partial charge in [0.15, 0.2) is 11.9 Å². The molecule has 26 heavy (non-hydrogen) atoms. The number of carbonyl (C=O) groups is 1. The molecule has 0 fully saturated rings. The quantitative estimate of drug-likeness (QED) is 0.726. The van der Waals surface area contributed by atoms with Gasteiger partial charge >= 0.3 is 5.63 Å². The highest BCUT2D eigenvalue weighted by molar-refractivity contribution is 5.96. The fourth-order valence-corrected chi connectivity index (χ4v) is 3.42. The number of aryl methyl sites for hydroxylation is 1. The number of rotatable bonds is 3. The molecule has 0 saturated heterocycles. The van der Waals surface area contributed by atoms with Crippen LogP contribution in [-0.2, 0) is 4.79 Å². The number of nitrogens with zero attached hydrogens (tertiary/aromatic N) is 1. The Balaban J connectivity index is 1.77. The highest BCUT2D eigenvalue weighted by Crippen LogP contribution is 2.44. The minimum absolute atomic E-state index is 0.00453. The molecule has 4 rings (SSSR count). The highest BCUT2D eigenvalue weighted by atomic mass is 16.5. The van der Waals surface area contributed by atoms with Gasteiger partial charge in [-0.3, -0.25) is 4.79 Å². The number of ether oxygens (including phenoxy) is 1. The first-order valence-electron chi connectivity index (χ1n) is 8.42. The molecular weight excluding hydrogens is 336 g/mol. The van der Waals surface area contributed by atoms with Gasteiger partial charge in [0.2, 0.25) is 0 Å². The van der Waals surface area contributed by atoms with E-state index in [1.165, 1.54) is 0 Å². The van der Waals surface area contributed by atoms with Crippen LogP contribution < -0.4 is 15.7 Å². The lowest BCUT2D eigenvalue weighted by molar-refractivity contribution is -0.123. The maximum Gasteiger partial charge on any atom is 0.343 e. The molecule has 1 aliphatic rings. The van der Waals surface area contributed by atoms with Crippen LogP contribution in [0.15, 0.2) is 44.1 Å². The largest absolute Gasteiger partial charge is 0.479 e. The number of aromatic nitrogens is 1. The zero-order valence-corrected chi connectivity index (χ0v) is 14.6. The van der Waals surface area contributed by atoms with E-state index in [-0.39, 0.29) is 11.8 Å². The average Bonchev–Trinajstić information content (AvgIpc) is 3.19. The number of fused-ring (bicyclic) bond motifs is 3. The van der Waals surface area contributed by atoms with Crippen LogP contribution in [0.1, 0.15) is 31.1 Å². The second-order valence-electron chi connectivity index (χ2n) is 6.75. The van der Waals surface area contributed by atoms with Gasteiger partial charge in [0, 0.05) is 12.0 Å². The Hall–Kier alpha value is -3.09. The lowest BCUT2D eigenvalue weighted by Crippen LogP contribution is -2.37. The van der Waals surface area contributed by atoms with Gasteiger partial charge in [0.1, 0.15) is 17.1 Å². The third-order valence-corrected chi connectivity index (χ3v) is 4.56. The number of para-hydroxylation sites is 1. The molecule has 3 heterocycles. The second kappa shape index (κ2) is 6.01. The topological polar surface area (TPSA) is 94.6 Å². The summed E-state index contributed by atoms with van der Waals surface area (Å²) in [7, 11) is 0. The first-order chi connectivity index (χ1) is 12.5. The van der Waals surface area contributed by atoms with E-state index < -0.39 is 17.6 Å². The Morgan fingerprint density at radius 3 is 2.73 bits per heavy atom. The van der Waals surface area contributed by atoms with Gasteiger partial charge in [-0.05, 0) is 25.0 Å². The van der Waals surface area contributed by atoms with Gasteiger partial charge in [-0.2, -0.15) is 0 Å². The highest BCUT2D eigenvalue weighted by Gasteiger charge is 2.44. The maximum atomic E-state index is 12.8. The van der Waals surface area contributed by atoms with Gasteiger partial charge in [0.25, 0.3) is 5.91 Å². The van der Waals surface area contributed by atoms with Crippen molar-refractivity contribution in [2.45, 2.75) is 32.8 Å². The smallest absolute Gasteiger partial charge is 0.343 e. The number of hydrogen-bond donors (Lipinski definition) is 1. The minimum Gasteiger partial charge on any atom is -0.479 e. The molecule has 1 amide bonds. The van der Waals surface area contributed by atoms with E-state index in [4.69, 9.17) is 13.7 Å². The monoisotopic (exact) mass is 354 g/mol. The molecule has 2 aromatic heterocycles. The Morgan fingerprint density at radius 2 is 2.04 bits per heavy atom. The molecule has 1 aromatic carbocycles. The number of carbonyl (C=O) groups excluding carboxylic acids is 1. The fourth-order valence-electron chi connectivity index (χ4n) is 3.42. The van der Waals surface area contributed by atoms with Crippen molar-refractivity contribution in [1.82, 2.24) is 5.16 Å². The van der Waals surface area contributed by atoms with E-state index >= 15 is 0 Å². The zero-order valence-electron chi connectivity index (χ0n) is 14.6. The standard InChI is InChI=1S/C19H18N2O5/c1-9(2)14-15-16(11-6-4-5-7-12(11)24-19(15)23)25-17(14)18(22)20-13-8-10(3)26-21-13/h4-9,14,17H,1-3H3,(H,20,21,22). The molecule has 2 atom stereocenters. The van der Waals surface area contributed by atoms with E-state index in [0.717, 1.165) is 0 Å². The van der Waals surface area contributed by atoms with E-state index in [2.05, 4.69) is 10.5 Å². The summed E-state index contributed by atoms with van der Waals surface area (Å²) in [5, 5.41) is 7.14. The molecule has 7 heteroatoms. The summed E-state index contributed by atoms with van der Waals surface area (Å²) in [6.07, 6.45) is -0.851. The summed E-state index contributed by atoms with van der Waals surface area (Å²) in [4.78, 5) is 25.4. The van der Waals surface area contributed by atoms with Gasteiger partial charge in [-0.25, -0.2) is 4.79 Å². The predicted octanol–water partition coefficient (Wildman–Crippen LogP) is 3.23. The summed E-state index contributed by atoms with van der Waals surface area (Å²) < 4.78 is 16.4. The van der Waals surface area contributed by atoms with E-state index in [9.17, 15) is 9.59 Å². The molecular formula is C19H18N2O5. The third-order valence-electron chi connectivity index (χ3n) is 4.56. The lowest BCUT2D eigenvalue weighted by atomic mass is 9.85. The van der Waals surface area contributed by atoms with Gasteiger partial charge in [-0.15, -0.1) is 0 Å². The number of nitrogens with one attached hydrogen (secondary N) is 1. The summed E-state index contributed by atoms with van der Waals surface area (Å²) in [6, 6.07) is 8.76. The van der Waals surface area contributed by atoms with E-state index in [0.29, 0.717) is 33.9 Å². The Bertz CT molecular complexity index is 1050. The molecule has 7 nitrogen and oxygen atoms in total. The van der Waals surface area contributed by atoms with Crippen molar-refractivity contribution in [3.05, 3.63) is 52.1 Å². The van der Waals surface area contributed by atoms with Crippen molar-refractivity contribution in [3.8, 4) is 5.75 Å². The molecule has 0 saturated carbocycles. The zero-order chi connectivity index (χ0) is 18.4. The fraction of sp³-hybridized carbons (Fsp3) is 0.316. The van der Waals surface area contributed by atoms with Crippen LogP contribution >= 0.6 is 0 Å². The number of hydrogen-bond acceptors (Lipinski definition) is 6. The predicted molar refractivity (Wildman–Crippen MR) is 94.3 cm³/mol. The lowest BCUT2D eigenvalue weighted by Gasteiger charge is -2.20. The van der Waals surface area contributed by atoms with Crippen LogP contribution in [-0.4, -0.2) is 17.2 Å². The van der Waals surface area contributed by atoms with Crippen LogP contribution in [0.2, 0.25) is 0 Å². The van der Waals surface area contributed by atoms with Crippen molar-refractivity contribution < 1.29 is 18.5 Å². The van der Waals surface area contributed by atoms with Gasteiger partial charge in [0.05, 0.1) is 10.9 Å². The molecule has 0 spiro atoms. The minimum atomic E-state index is -0.851. The summed E-state index contributed by atoms with van der Waals surface area (Å²) >= 11 is 0. The van der Waals surface area contributed by atoms with Crippen LogP contribution in [0.25, 0.3) is 11.0 Å². The SMILES string of the molecule is Cc1cc(NC(=O)C2Oc3c(c(=O)oc4ccccc34)C2C(C)C)no1. The molecule has 0 aliphatic carbocycles. The molecule has 1 aliphatic heterocycles. The average molecular weight is 354 g/mol. The molecule has 3 aromatic rings. The Labute approximate surface area is 148 Å². The van der Waals surface area contributed by atoms with Gasteiger partial charge < -0.3 is 19.0 Å². The van der Waals surface area contributed by atoms with Crippen LogP contribution in [0.4, 0.5) is 5.82 Å². The molecule has 134 valence electrons. The number of amides is 1. The number of benzene rings is 1. The number of anilines is 1. The summed E-state index contributed by atoms with van der Waals surface area (Å²) in [5.41, 5.74) is 0.382. The summed E-state index contributed by atoms with van der Waals surface area (Å²) in [6.45, 7) is 5.62. The Kier molecular flexibility index (Phi) is 3.79. The molecule has 0 radical (unpaired) electrons. The third kappa shape index (κ3) is 2.56. The molecule has 0 bridgehead atoms. The normalized spacial score (nSPS) is 18.8. The summed E-state index contributed by atoms with van der Waals surface area (Å²) in [5.74, 6) is 0.520. The van der Waals surface area contributed by atoms with Crippen molar-refractivity contribution in [1.29, 1.82) is 0 Å². The van der Waals surface area contributed by atoms with Crippen LogP contribution in [0.5, 0.6) is 5.75 Å². The van der Waals surface area contributed by atoms with Crippen molar-refractivity contribution >= 4 is 22.7 Å². The van der Waals surface area contributed by atoms with Crippen molar-refractivity contribution in [2.24, 2.45) is 5.92 Å². The van der Waals surface area contributed by atoms with Crippen LogP contribution in [0.3, 0.4) is 0 Å². The molecule has 1 N–H and O–H groups in total. The van der Waals surface area contributed by atoms with Gasteiger partial charge in [-0.1, -0.05) is 31.1 Å². The first-order valence-corrected chi connectivity index (χ1v) is 8.42. The first kappa shape index (κ1) is 16.4. The molecule has 2 unspecified atom stereocenters. The van der Waals surface area contributed by atoms with Crippen molar-refractivity contribution in [2.75, 3.05) is 5.32 Å². The van der Waals surface area contributed by atoms with E-state index in [1.807, 2.05) is 26.0 Å². The van der Waals surface area contributed by atoms with Crippen LogP contribution in [0, 0.1) is 12.8 Å². The Morgan fingerprint density at radius 1 is 1.27 bits per heavy atom.